The van der Waals surface area contributed by atoms with E-state index < -0.39 is 0 Å². The molecule has 0 spiro atoms. The van der Waals surface area contributed by atoms with Crippen LogP contribution in [0.2, 0.25) is 0 Å². The lowest BCUT2D eigenvalue weighted by atomic mass is 10.1. The number of aromatic nitrogens is 2. The molecule has 0 bridgehead atoms. The molecule has 0 atom stereocenters. The van der Waals surface area contributed by atoms with Crippen molar-refractivity contribution in [2.75, 3.05) is 5.75 Å². The fourth-order valence-corrected chi connectivity index (χ4v) is 2.79. The van der Waals surface area contributed by atoms with Crippen molar-refractivity contribution < 1.29 is 0 Å². The quantitative estimate of drug-likeness (QED) is 0.751. The Morgan fingerprint density at radius 1 is 1.31 bits per heavy atom. The summed E-state index contributed by atoms with van der Waals surface area (Å²) < 4.78 is 2.23. The Bertz CT molecular complexity index is 563. The van der Waals surface area contributed by atoms with Crippen LogP contribution in [0.4, 0.5) is 0 Å². The first-order valence-corrected chi connectivity index (χ1v) is 6.06. The fourth-order valence-electron chi connectivity index (χ4n) is 1.86. The molecule has 2 heterocycles. The second kappa shape index (κ2) is 3.69. The highest BCUT2D eigenvalue weighted by Gasteiger charge is 2.16. The van der Waals surface area contributed by atoms with Crippen molar-refractivity contribution in [3.8, 4) is 17.3 Å². The molecule has 0 radical (unpaired) electrons. The molecule has 4 heteroatoms. The van der Waals surface area contributed by atoms with Gasteiger partial charge in [-0.1, -0.05) is 23.9 Å². The largest absolute Gasteiger partial charge is 0.318 e. The van der Waals surface area contributed by atoms with E-state index in [1.54, 1.807) is 11.8 Å². The number of thioether (sulfide) groups is 1. The Balaban J connectivity index is 2.06. The highest BCUT2D eigenvalue weighted by atomic mass is 32.2. The lowest BCUT2D eigenvalue weighted by Crippen LogP contribution is -1.95. The topological polar surface area (TPSA) is 41.6 Å². The van der Waals surface area contributed by atoms with Gasteiger partial charge in [0, 0.05) is 12.3 Å². The summed E-state index contributed by atoms with van der Waals surface area (Å²) in [7, 11) is 0. The first-order valence-electron chi connectivity index (χ1n) is 5.07. The number of nitriles is 1. The molecular weight excluding hydrogens is 218 g/mol. The number of rotatable bonds is 1. The number of fused-ring (bicyclic) bond motifs is 1. The lowest BCUT2D eigenvalue weighted by molar-refractivity contribution is 0.726. The smallest absolute Gasteiger partial charge is 0.168 e. The van der Waals surface area contributed by atoms with Crippen LogP contribution in [0.15, 0.2) is 35.6 Å². The van der Waals surface area contributed by atoms with Gasteiger partial charge in [0.2, 0.25) is 0 Å². The van der Waals surface area contributed by atoms with Crippen LogP contribution in [0.3, 0.4) is 0 Å². The van der Waals surface area contributed by atoms with E-state index in [0.717, 1.165) is 28.7 Å². The van der Waals surface area contributed by atoms with E-state index >= 15 is 0 Å². The molecule has 2 aromatic rings. The van der Waals surface area contributed by atoms with Crippen molar-refractivity contribution in [1.29, 1.82) is 5.26 Å². The molecule has 1 aromatic carbocycles. The van der Waals surface area contributed by atoms with Crippen molar-refractivity contribution in [3.63, 3.8) is 0 Å². The minimum absolute atomic E-state index is 0.694. The molecule has 3 rings (SSSR count). The van der Waals surface area contributed by atoms with Crippen molar-refractivity contribution in [2.24, 2.45) is 0 Å². The van der Waals surface area contributed by atoms with Crippen LogP contribution in [0.25, 0.3) is 11.3 Å². The number of hydrogen-bond acceptors (Lipinski definition) is 3. The lowest BCUT2D eigenvalue weighted by Gasteiger charge is -2.03. The van der Waals surface area contributed by atoms with Crippen molar-refractivity contribution in [1.82, 2.24) is 9.55 Å². The summed E-state index contributed by atoms with van der Waals surface area (Å²) in [6.07, 6.45) is 1.91. The molecule has 3 nitrogen and oxygen atoms in total. The predicted molar refractivity (Wildman–Crippen MR) is 63.1 cm³/mol. The Morgan fingerprint density at radius 3 is 2.88 bits per heavy atom. The summed E-state index contributed by atoms with van der Waals surface area (Å²) in [5, 5.41) is 9.84. The van der Waals surface area contributed by atoms with Gasteiger partial charge in [0.25, 0.3) is 0 Å². The van der Waals surface area contributed by atoms with Gasteiger partial charge in [-0.15, -0.1) is 0 Å². The first kappa shape index (κ1) is 9.49. The standard InChI is InChI=1S/C12H9N3S/c13-7-9-1-3-10(4-2-9)11-8-14-12-15(11)5-6-16-12/h1-4,8H,5-6H2. The molecule has 0 N–H and O–H groups in total. The van der Waals surface area contributed by atoms with Crippen LogP contribution < -0.4 is 0 Å². The Morgan fingerprint density at radius 2 is 2.12 bits per heavy atom. The van der Waals surface area contributed by atoms with E-state index in [0.29, 0.717) is 5.56 Å². The Labute approximate surface area is 97.7 Å². The molecule has 0 aliphatic carbocycles. The predicted octanol–water partition coefficient (Wildman–Crippen LogP) is 2.53. The van der Waals surface area contributed by atoms with E-state index in [1.165, 1.54) is 0 Å². The molecule has 1 aliphatic rings. The summed E-state index contributed by atoms with van der Waals surface area (Å²) in [6, 6.07) is 9.77. The molecule has 0 amide bonds. The van der Waals surface area contributed by atoms with Crippen LogP contribution in [0.5, 0.6) is 0 Å². The third kappa shape index (κ3) is 1.41. The van der Waals surface area contributed by atoms with Gasteiger partial charge in [-0.05, 0) is 17.7 Å². The zero-order chi connectivity index (χ0) is 11.0. The van der Waals surface area contributed by atoms with Gasteiger partial charge in [0.15, 0.2) is 5.16 Å². The molecule has 0 saturated carbocycles. The van der Waals surface area contributed by atoms with Gasteiger partial charge in [-0.2, -0.15) is 5.26 Å². The van der Waals surface area contributed by atoms with Crippen LogP contribution in [-0.4, -0.2) is 15.3 Å². The zero-order valence-electron chi connectivity index (χ0n) is 8.55. The van der Waals surface area contributed by atoms with Gasteiger partial charge >= 0.3 is 0 Å². The highest BCUT2D eigenvalue weighted by molar-refractivity contribution is 7.99. The second-order valence-electron chi connectivity index (χ2n) is 3.62. The van der Waals surface area contributed by atoms with Gasteiger partial charge < -0.3 is 4.57 Å². The molecular formula is C12H9N3S. The zero-order valence-corrected chi connectivity index (χ0v) is 9.37. The Kier molecular flexibility index (Phi) is 2.19. The summed E-state index contributed by atoms with van der Waals surface area (Å²) in [4.78, 5) is 4.38. The third-order valence-corrected chi connectivity index (χ3v) is 3.65. The van der Waals surface area contributed by atoms with Crippen molar-refractivity contribution in [2.45, 2.75) is 11.7 Å². The van der Waals surface area contributed by atoms with E-state index in [9.17, 15) is 0 Å². The van der Waals surface area contributed by atoms with E-state index in [2.05, 4.69) is 15.6 Å². The molecule has 16 heavy (non-hydrogen) atoms. The van der Waals surface area contributed by atoms with Gasteiger partial charge in [-0.25, -0.2) is 4.98 Å². The van der Waals surface area contributed by atoms with E-state index in [4.69, 9.17) is 5.26 Å². The second-order valence-corrected chi connectivity index (χ2v) is 4.68. The molecule has 78 valence electrons. The number of nitrogens with zero attached hydrogens (tertiary/aromatic N) is 3. The summed E-state index contributed by atoms with van der Waals surface area (Å²) >= 11 is 1.79. The third-order valence-electron chi connectivity index (χ3n) is 2.67. The average Bonchev–Trinajstić information content (AvgIpc) is 2.91. The first-order chi connectivity index (χ1) is 7.88. The minimum atomic E-state index is 0.694. The van der Waals surface area contributed by atoms with Crippen LogP contribution in [-0.2, 0) is 6.54 Å². The summed E-state index contributed by atoms with van der Waals surface area (Å²) in [5.74, 6) is 1.10. The van der Waals surface area contributed by atoms with Crippen LogP contribution in [0, 0.1) is 11.3 Å². The number of hydrogen-bond donors (Lipinski definition) is 0. The normalized spacial score (nSPS) is 13.4. The van der Waals surface area contributed by atoms with Crippen molar-refractivity contribution >= 4 is 11.8 Å². The minimum Gasteiger partial charge on any atom is -0.318 e. The molecule has 0 unspecified atom stereocenters. The summed E-state index contributed by atoms with van der Waals surface area (Å²) in [6.45, 7) is 1.02. The SMILES string of the molecule is N#Cc1ccc(-c2cnc3n2CCS3)cc1. The molecule has 0 fully saturated rings. The van der Waals surface area contributed by atoms with Gasteiger partial charge in [0.1, 0.15) is 0 Å². The van der Waals surface area contributed by atoms with Crippen molar-refractivity contribution in [3.05, 3.63) is 36.0 Å². The molecule has 1 aromatic heterocycles. The monoisotopic (exact) mass is 227 g/mol. The fraction of sp³-hybridized carbons (Fsp3) is 0.167. The van der Waals surface area contributed by atoms with Crippen LogP contribution >= 0.6 is 11.8 Å². The highest BCUT2D eigenvalue weighted by Crippen LogP contribution is 2.30. The molecule has 0 saturated heterocycles. The number of imidazole rings is 1. The van der Waals surface area contributed by atoms with E-state index in [-0.39, 0.29) is 0 Å². The maximum absolute atomic E-state index is 8.74. The van der Waals surface area contributed by atoms with Gasteiger partial charge in [-0.3, -0.25) is 0 Å². The van der Waals surface area contributed by atoms with Crippen LogP contribution in [0.1, 0.15) is 5.56 Å². The molecule has 1 aliphatic heterocycles. The maximum Gasteiger partial charge on any atom is 0.168 e. The summed E-state index contributed by atoms with van der Waals surface area (Å²) in [5.41, 5.74) is 2.96. The number of benzene rings is 1. The average molecular weight is 227 g/mol. The Hall–Kier alpha value is -1.73. The van der Waals surface area contributed by atoms with Gasteiger partial charge in [0.05, 0.1) is 23.5 Å². The van der Waals surface area contributed by atoms with E-state index in [1.807, 2.05) is 30.5 Å². The maximum atomic E-state index is 8.74.